The molecule has 0 fully saturated rings. The molecular weight excluding hydrogens is 385 g/mol. The lowest BCUT2D eigenvalue weighted by molar-refractivity contribution is -0.385. The molecule has 148 valence electrons. The Bertz CT molecular complexity index is 897. The van der Waals surface area contributed by atoms with Crippen molar-refractivity contribution in [2.45, 2.75) is 13.3 Å². The molecule has 11 heteroatoms. The summed E-state index contributed by atoms with van der Waals surface area (Å²) in [4.78, 5) is 34.1. The van der Waals surface area contributed by atoms with E-state index in [1.54, 1.807) is 0 Å². The normalized spacial score (nSPS) is 10.9. The molecular formula is C17H13F3N2O6. The largest absolute Gasteiger partial charge is 0.573 e. The highest BCUT2D eigenvalue weighted by Gasteiger charge is 2.31. The number of carbonyl (C=O) groups is 2. The molecule has 0 radical (unpaired) electrons. The summed E-state index contributed by atoms with van der Waals surface area (Å²) in [5, 5.41) is 13.2. The van der Waals surface area contributed by atoms with Crippen molar-refractivity contribution in [1.29, 1.82) is 0 Å². The summed E-state index contributed by atoms with van der Waals surface area (Å²) in [7, 11) is 0. The lowest BCUT2D eigenvalue weighted by Crippen LogP contribution is -2.21. The molecule has 0 unspecified atom stereocenters. The van der Waals surface area contributed by atoms with Crippen molar-refractivity contribution in [3.05, 3.63) is 63.7 Å². The number of halogens is 3. The number of hydrogen-bond donors (Lipinski definition) is 1. The summed E-state index contributed by atoms with van der Waals surface area (Å²) in [5.41, 5.74) is -0.0732. The van der Waals surface area contributed by atoms with Gasteiger partial charge < -0.3 is 14.8 Å². The van der Waals surface area contributed by atoms with Crippen LogP contribution >= 0.6 is 0 Å². The van der Waals surface area contributed by atoms with Crippen LogP contribution in [0.5, 0.6) is 5.75 Å². The smallest absolute Gasteiger partial charge is 0.452 e. The Morgan fingerprint density at radius 2 is 1.79 bits per heavy atom. The Balaban J connectivity index is 1.93. The molecule has 2 aromatic rings. The Labute approximate surface area is 156 Å². The first kappa shape index (κ1) is 20.7. The SMILES string of the molecule is Cc1c(C(=O)OCC(=O)Nc2ccc(OC(F)(F)F)cc2)cccc1[N+](=O)[O-]. The number of alkyl halides is 3. The minimum atomic E-state index is -4.83. The molecule has 2 rings (SSSR count). The molecule has 0 aliphatic rings. The van der Waals surface area contributed by atoms with Crippen LogP contribution in [0.25, 0.3) is 0 Å². The first-order valence-corrected chi connectivity index (χ1v) is 7.63. The molecule has 0 saturated carbocycles. The summed E-state index contributed by atoms with van der Waals surface area (Å²) in [6.07, 6.45) is -4.83. The molecule has 2 aromatic carbocycles. The molecule has 0 aromatic heterocycles. The summed E-state index contributed by atoms with van der Waals surface area (Å²) in [6.45, 7) is 0.682. The van der Waals surface area contributed by atoms with Crippen molar-refractivity contribution in [3.8, 4) is 5.75 Å². The Kier molecular flexibility index (Phi) is 6.18. The molecule has 1 N–H and O–H groups in total. The van der Waals surface area contributed by atoms with E-state index in [9.17, 15) is 32.9 Å². The van der Waals surface area contributed by atoms with E-state index in [2.05, 4.69) is 10.1 Å². The molecule has 0 aliphatic carbocycles. The van der Waals surface area contributed by atoms with E-state index in [4.69, 9.17) is 4.74 Å². The van der Waals surface area contributed by atoms with Gasteiger partial charge in [-0.2, -0.15) is 0 Å². The van der Waals surface area contributed by atoms with E-state index >= 15 is 0 Å². The quantitative estimate of drug-likeness (QED) is 0.453. The maximum absolute atomic E-state index is 12.1. The van der Waals surface area contributed by atoms with Crippen LogP contribution in [-0.2, 0) is 9.53 Å². The van der Waals surface area contributed by atoms with E-state index in [1.807, 2.05) is 0 Å². The minimum absolute atomic E-state index is 0.0596. The fourth-order valence-electron chi connectivity index (χ4n) is 2.19. The summed E-state index contributed by atoms with van der Waals surface area (Å²) in [6, 6.07) is 8.21. The van der Waals surface area contributed by atoms with Crippen molar-refractivity contribution >= 4 is 23.3 Å². The number of amides is 1. The van der Waals surface area contributed by atoms with Gasteiger partial charge >= 0.3 is 12.3 Å². The molecule has 1 amide bonds. The predicted octanol–water partition coefficient (Wildman–Crippen LogP) is 3.60. The zero-order valence-electron chi connectivity index (χ0n) is 14.3. The van der Waals surface area contributed by atoms with Crippen molar-refractivity contribution in [2.24, 2.45) is 0 Å². The van der Waals surface area contributed by atoms with E-state index in [-0.39, 0.29) is 22.5 Å². The average molecular weight is 398 g/mol. The molecule has 28 heavy (non-hydrogen) atoms. The zero-order valence-corrected chi connectivity index (χ0v) is 14.3. The number of benzene rings is 2. The van der Waals surface area contributed by atoms with E-state index in [0.29, 0.717) is 0 Å². The highest BCUT2D eigenvalue weighted by molar-refractivity contribution is 5.96. The van der Waals surface area contributed by atoms with Gasteiger partial charge in [0.15, 0.2) is 6.61 Å². The van der Waals surface area contributed by atoms with Gasteiger partial charge in [0.05, 0.1) is 10.5 Å². The van der Waals surface area contributed by atoms with Crippen LogP contribution in [0, 0.1) is 17.0 Å². The third-order valence-corrected chi connectivity index (χ3v) is 3.43. The van der Waals surface area contributed by atoms with Crippen LogP contribution < -0.4 is 10.1 Å². The van der Waals surface area contributed by atoms with Gasteiger partial charge in [0.2, 0.25) is 0 Å². The second-order valence-corrected chi connectivity index (χ2v) is 5.40. The molecule has 0 heterocycles. The fourth-order valence-corrected chi connectivity index (χ4v) is 2.19. The van der Waals surface area contributed by atoms with E-state index < -0.39 is 35.5 Å². The van der Waals surface area contributed by atoms with Gasteiger partial charge in [-0.15, -0.1) is 13.2 Å². The number of nitro groups is 1. The number of nitrogens with zero attached hydrogens (tertiary/aromatic N) is 1. The second kappa shape index (κ2) is 8.37. The number of hydrogen-bond acceptors (Lipinski definition) is 6. The lowest BCUT2D eigenvalue weighted by atomic mass is 10.1. The van der Waals surface area contributed by atoms with Crippen molar-refractivity contribution < 1.29 is 37.2 Å². The number of esters is 1. The van der Waals surface area contributed by atoms with Crippen molar-refractivity contribution in [3.63, 3.8) is 0 Å². The lowest BCUT2D eigenvalue weighted by Gasteiger charge is -2.10. The van der Waals surface area contributed by atoms with Gasteiger partial charge in [-0.05, 0) is 37.3 Å². The molecule has 0 spiro atoms. The first-order chi connectivity index (χ1) is 13.1. The van der Waals surface area contributed by atoms with Gasteiger partial charge in [0.1, 0.15) is 5.75 Å². The van der Waals surface area contributed by atoms with Gasteiger partial charge in [0, 0.05) is 17.3 Å². The minimum Gasteiger partial charge on any atom is -0.452 e. The monoisotopic (exact) mass is 398 g/mol. The fraction of sp³-hybridized carbons (Fsp3) is 0.176. The summed E-state index contributed by atoms with van der Waals surface area (Å²) in [5.74, 6) is -2.13. The summed E-state index contributed by atoms with van der Waals surface area (Å²) < 4.78 is 44.8. The van der Waals surface area contributed by atoms with Crippen LogP contribution in [0.3, 0.4) is 0 Å². The zero-order chi connectivity index (χ0) is 20.9. The molecule has 0 bridgehead atoms. The first-order valence-electron chi connectivity index (χ1n) is 7.63. The Morgan fingerprint density at radius 3 is 2.36 bits per heavy atom. The third-order valence-electron chi connectivity index (χ3n) is 3.43. The van der Waals surface area contributed by atoms with E-state index in [1.165, 1.54) is 37.3 Å². The Morgan fingerprint density at radius 1 is 1.14 bits per heavy atom. The van der Waals surface area contributed by atoms with Crippen LogP contribution in [0.1, 0.15) is 15.9 Å². The standard InChI is InChI=1S/C17H13F3N2O6/c1-10-13(3-2-4-14(10)22(25)26)16(24)27-9-15(23)21-11-5-7-12(8-6-11)28-17(18,19)20/h2-8H,9H2,1H3,(H,21,23). The van der Waals surface area contributed by atoms with Crippen molar-refractivity contribution in [1.82, 2.24) is 0 Å². The molecule has 0 atom stereocenters. The van der Waals surface area contributed by atoms with Gasteiger partial charge in [-0.1, -0.05) is 6.07 Å². The molecule has 8 nitrogen and oxygen atoms in total. The topological polar surface area (TPSA) is 108 Å². The summed E-state index contributed by atoms with van der Waals surface area (Å²) >= 11 is 0. The van der Waals surface area contributed by atoms with Crippen LogP contribution in [0.2, 0.25) is 0 Å². The van der Waals surface area contributed by atoms with Gasteiger partial charge in [-0.3, -0.25) is 14.9 Å². The number of rotatable bonds is 6. The number of nitro benzene ring substituents is 1. The highest BCUT2D eigenvalue weighted by Crippen LogP contribution is 2.24. The molecule has 0 saturated heterocycles. The van der Waals surface area contributed by atoms with Crippen molar-refractivity contribution in [2.75, 3.05) is 11.9 Å². The maximum atomic E-state index is 12.1. The van der Waals surface area contributed by atoms with Crippen LogP contribution in [-0.4, -0.2) is 29.8 Å². The van der Waals surface area contributed by atoms with E-state index in [0.717, 1.165) is 12.1 Å². The van der Waals surface area contributed by atoms with Gasteiger partial charge in [0.25, 0.3) is 11.6 Å². The number of anilines is 1. The number of ether oxygens (including phenoxy) is 2. The highest BCUT2D eigenvalue weighted by atomic mass is 19.4. The average Bonchev–Trinajstić information content (AvgIpc) is 2.60. The van der Waals surface area contributed by atoms with Crippen LogP contribution in [0.15, 0.2) is 42.5 Å². The second-order valence-electron chi connectivity index (χ2n) is 5.40. The third kappa shape index (κ3) is 5.69. The van der Waals surface area contributed by atoms with Crippen LogP contribution in [0.4, 0.5) is 24.5 Å². The predicted molar refractivity (Wildman–Crippen MR) is 89.9 cm³/mol. The van der Waals surface area contributed by atoms with Gasteiger partial charge in [-0.25, -0.2) is 4.79 Å². The molecule has 0 aliphatic heterocycles. The number of nitrogens with one attached hydrogen (secondary N) is 1. The Hall–Kier alpha value is -3.63. The maximum Gasteiger partial charge on any atom is 0.573 e. The number of carbonyl (C=O) groups excluding carboxylic acids is 2.